The van der Waals surface area contributed by atoms with Gasteiger partial charge in [-0.1, -0.05) is 0 Å². The Morgan fingerprint density at radius 3 is 2.50 bits per heavy atom. The van der Waals surface area contributed by atoms with E-state index in [2.05, 4.69) is 15.6 Å². The van der Waals surface area contributed by atoms with E-state index in [1.54, 1.807) is 33.2 Å². The zero-order valence-electron chi connectivity index (χ0n) is 12.2. The van der Waals surface area contributed by atoms with Crippen molar-refractivity contribution in [1.82, 2.24) is 15.6 Å². The summed E-state index contributed by atoms with van der Waals surface area (Å²) in [4.78, 5) is 27.2. The molecule has 0 atom stereocenters. The highest BCUT2D eigenvalue weighted by molar-refractivity contribution is 7.07. The van der Waals surface area contributed by atoms with Gasteiger partial charge in [0, 0.05) is 18.3 Å². The molecular formula is C13H21N3O3S. The summed E-state index contributed by atoms with van der Waals surface area (Å²) in [6.45, 7) is 7.02. The van der Waals surface area contributed by atoms with E-state index in [0.29, 0.717) is 13.0 Å². The van der Waals surface area contributed by atoms with Crippen LogP contribution in [0.25, 0.3) is 0 Å². The Morgan fingerprint density at radius 1 is 1.35 bits per heavy atom. The Kier molecular flexibility index (Phi) is 5.10. The molecule has 1 rings (SSSR count). The van der Waals surface area contributed by atoms with Gasteiger partial charge in [-0.25, -0.2) is 9.78 Å². The van der Waals surface area contributed by atoms with E-state index in [0.717, 1.165) is 5.69 Å². The fourth-order valence-electron chi connectivity index (χ4n) is 1.42. The molecule has 1 aromatic heterocycles. The van der Waals surface area contributed by atoms with Gasteiger partial charge in [-0.15, -0.1) is 11.3 Å². The third-order valence-corrected chi connectivity index (χ3v) is 4.31. The molecule has 0 aromatic carbocycles. The topological polar surface area (TPSA) is 91.3 Å². The largest absolute Gasteiger partial charge is 0.481 e. The Labute approximate surface area is 122 Å². The van der Waals surface area contributed by atoms with Gasteiger partial charge in [0.05, 0.1) is 22.2 Å². The molecule has 0 aliphatic rings. The minimum atomic E-state index is -1.07. The van der Waals surface area contributed by atoms with Gasteiger partial charge in [-0.05, 0) is 27.7 Å². The van der Waals surface area contributed by atoms with Crippen LogP contribution in [0, 0.1) is 5.41 Å². The van der Waals surface area contributed by atoms with Gasteiger partial charge in [-0.2, -0.15) is 0 Å². The van der Waals surface area contributed by atoms with Crippen LogP contribution in [0.2, 0.25) is 0 Å². The number of carbonyl (C=O) groups is 2. The predicted octanol–water partition coefficient (Wildman–Crippen LogP) is 1.87. The number of hydrogen-bond donors (Lipinski definition) is 3. The number of carboxylic acids is 1. The number of carbonyl (C=O) groups excluding carboxylic acids is 1. The average Bonchev–Trinajstić information content (AvgIpc) is 2.80. The van der Waals surface area contributed by atoms with Crippen molar-refractivity contribution in [2.24, 2.45) is 5.41 Å². The van der Waals surface area contributed by atoms with Crippen molar-refractivity contribution in [3.8, 4) is 0 Å². The van der Waals surface area contributed by atoms with Gasteiger partial charge in [0.25, 0.3) is 0 Å². The van der Waals surface area contributed by atoms with Crippen LogP contribution in [-0.2, 0) is 11.2 Å². The van der Waals surface area contributed by atoms with Crippen LogP contribution in [0.5, 0.6) is 0 Å². The third-order valence-electron chi connectivity index (χ3n) is 3.67. The summed E-state index contributed by atoms with van der Waals surface area (Å²) in [5.74, 6) is -0.953. The zero-order valence-corrected chi connectivity index (χ0v) is 13.0. The van der Waals surface area contributed by atoms with Gasteiger partial charge in [0.1, 0.15) is 0 Å². The van der Waals surface area contributed by atoms with Gasteiger partial charge in [-0.3, -0.25) is 4.79 Å². The molecule has 0 saturated heterocycles. The van der Waals surface area contributed by atoms with E-state index in [1.807, 2.05) is 5.38 Å². The number of rotatable bonds is 6. The van der Waals surface area contributed by atoms with E-state index in [1.165, 1.54) is 11.3 Å². The van der Waals surface area contributed by atoms with E-state index in [9.17, 15) is 14.7 Å². The molecule has 6 nitrogen and oxygen atoms in total. The molecule has 0 aliphatic carbocycles. The molecule has 0 aliphatic heterocycles. The standard InChI is InChI=1S/C13H21N3O3S/c1-12(2,10(17)18)13(3,4)16-11(19)14-6-5-9-7-20-8-15-9/h7-8H,5-6H2,1-4H3,(H,17,18)(H2,14,16,19). The molecule has 7 heteroatoms. The van der Waals surface area contributed by atoms with Crippen molar-refractivity contribution < 1.29 is 14.7 Å². The number of nitrogens with one attached hydrogen (secondary N) is 2. The Morgan fingerprint density at radius 2 is 2.00 bits per heavy atom. The molecule has 3 N–H and O–H groups in total. The molecule has 1 aromatic rings. The summed E-state index contributed by atoms with van der Waals surface area (Å²) in [6.07, 6.45) is 0.652. The first-order chi connectivity index (χ1) is 9.17. The molecular weight excluding hydrogens is 278 g/mol. The highest BCUT2D eigenvalue weighted by atomic mass is 32.1. The predicted molar refractivity (Wildman–Crippen MR) is 77.8 cm³/mol. The number of hydrogen-bond acceptors (Lipinski definition) is 4. The lowest BCUT2D eigenvalue weighted by atomic mass is 9.74. The van der Waals surface area contributed by atoms with Gasteiger partial charge >= 0.3 is 12.0 Å². The van der Waals surface area contributed by atoms with Crippen molar-refractivity contribution >= 4 is 23.3 Å². The first-order valence-corrected chi connectivity index (χ1v) is 7.27. The van der Waals surface area contributed by atoms with E-state index in [-0.39, 0.29) is 6.03 Å². The molecule has 112 valence electrons. The highest BCUT2D eigenvalue weighted by Gasteiger charge is 2.44. The fourth-order valence-corrected chi connectivity index (χ4v) is 2.01. The van der Waals surface area contributed by atoms with Crippen molar-refractivity contribution in [2.45, 2.75) is 39.7 Å². The van der Waals surface area contributed by atoms with Crippen LogP contribution in [-0.4, -0.2) is 34.2 Å². The SMILES string of the molecule is CC(C)(NC(=O)NCCc1cscn1)C(C)(C)C(=O)O. The van der Waals surface area contributed by atoms with Gasteiger partial charge < -0.3 is 15.7 Å². The third kappa shape index (κ3) is 3.93. The van der Waals surface area contributed by atoms with Crippen molar-refractivity contribution in [3.05, 3.63) is 16.6 Å². The lowest BCUT2D eigenvalue weighted by molar-refractivity contribution is -0.150. The number of aromatic nitrogens is 1. The van der Waals surface area contributed by atoms with Crippen LogP contribution < -0.4 is 10.6 Å². The number of thiazole rings is 1. The summed E-state index contributed by atoms with van der Waals surface area (Å²) in [5, 5.41) is 16.6. The smallest absolute Gasteiger partial charge is 0.315 e. The minimum Gasteiger partial charge on any atom is -0.481 e. The van der Waals surface area contributed by atoms with Crippen LogP contribution in [0.15, 0.2) is 10.9 Å². The lowest BCUT2D eigenvalue weighted by Crippen LogP contribution is -2.59. The van der Waals surface area contributed by atoms with Crippen molar-refractivity contribution in [1.29, 1.82) is 0 Å². The first-order valence-electron chi connectivity index (χ1n) is 6.33. The molecule has 0 radical (unpaired) electrons. The Hall–Kier alpha value is -1.63. The summed E-state index contributed by atoms with van der Waals surface area (Å²) in [7, 11) is 0. The second kappa shape index (κ2) is 6.21. The molecule has 1 heterocycles. The van der Waals surface area contributed by atoms with Crippen LogP contribution in [0.3, 0.4) is 0 Å². The zero-order chi connectivity index (χ0) is 15.4. The molecule has 0 spiro atoms. The molecule has 2 amide bonds. The molecule has 0 bridgehead atoms. The number of carboxylic acid groups (broad SMARTS) is 1. The van der Waals surface area contributed by atoms with Gasteiger partial charge in [0.2, 0.25) is 0 Å². The second-order valence-corrected chi connectivity index (χ2v) is 6.38. The number of urea groups is 1. The molecule has 0 unspecified atom stereocenters. The van der Waals surface area contributed by atoms with Crippen molar-refractivity contribution in [2.75, 3.05) is 6.54 Å². The normalized spacial score (nSPS) is 12.0. The van der Waals surface area contributed by atoms with Crippen LogP contribution in [0.1, 0.15) is 33.4 Å². The van der Waals surface area contributed by atoms with E-state index >= 15 is 0 Å². The molecule has 20 heavy (non-hydrogen) atoms. The Balaban J connectivity index is 2.47. The summed E-state index contributed by atoms with van der Waals surface area (Å²) < 4.78 is 0. The van der Waals surface area contributed by atoms with Crippen molar-refractivity contribution in [3.63, 3.8) is 0 Å². The fraction of sp³-hybridized carbons (Fsp3) is 0.615. The monoisotopic (exact) mass is 299 g/mol. The second-order valence-electron chi connectivity index (χ2n) is 5.67. The minimum absolute atomic E-state index is 0.375. The molecule has 0 fully saturated rings. The maximum Gasteiger partial charge on any atom is 0.315 e. The first kappa shape index (κ1) is 16.4. The summed E-state index contributed by atoms with van der Waals surface area (Å²) in [6, 6.07) is -0.375. The summed E-state index contributed by atoms with van der Waals surface area (Å²) >= 11 is 1.51. The highest BCUT2D eigenvalue weighted by Crippen LogP contribution is 2.30. The molecule has 0 saturated carbocycles. The summed E-state index contributed by atoms with van der Waals surface area (Å²) in [5.41, 5.74) is 0.733. The van der Waals surface area contributed by atoms with Crippen LogP contribution in [0.4, 0.5) is 4.79 Å². The van der Waals surface area contributed by atoms with E-state index < -0.39 is 16.9 Å². The number of amides is 2. The van der Waals surface area contributed by atoms with Gasteiger partial charge in [0.15, 0.2) is 0 Å². The lowest BCUT2D eigenvalue weighted by Gasteiger charge is -2.38. The maximum absolute atomic E-state index is 11.8. The quantitative estimate of drug-likeness (QED) is 0.748. The number of nitrogens with zero attached hydrogens (tertiary/aromatic N) is 1. The van der Waals surface area contributed by atoms with E-state index in [4.69, 9.17) is 0 Å². The Bertz CT molecular complexity index is 469. The number of aliphatic carboxylic acids is 1. The average molecular weight is 299 g/mol. The maximum atomic E-state index is 11.8. The van der Waals surface area contributed by atoms with Crippen LogP contribution >= 0.6 is 11.3 Å².